The first kappa shape index (κ1) is 23.2. The van der Waals surface area contributed by atoms with Crippen molar-refractivity contribution in [2.24, 2.45) is 7.05 Å². The number of piperazine rings is 1. The van der Waals surface area contributed by atoms with Crippen molar-refractivity contribution in [2.45, 2.75) is 17.7 Å². The van der Waals surface area contributed by atoms with Crippen molar-refractivity contribution in [3.8, 4) is 11.5 Å². The Morgan fingerprint density at radius 2 is 1.63 bits per heavy atom. The van der Waals surface area contributed by atoms with Crippen LogP contribution >= 0.6 is 11.8 Å². The lowest BCUT2D eigenvalue weighted by molar-refractivity contribution is -0.145. The summed E-state index contributed by atoms with van der Waals surface area (Å²) < 4.78 is 13.5. The van der Waals surface area contributed by atoms with Crippen LogP contribution in [-0.4, -0.2) is 81.0 Å². The summed E-state index contributed by atoms with van der Waals surface area (Å²) in [4.78, 5) is 29.3. The second kappa shape index (κ2) is 10.4. The summed E-state index contributed by atoms with van der Waals surface area (Å²) in [6.45, 7) is 2.13. The van der Waals surface area contributed by atoms with E-state index in [2.05, 4.69) is 22.3 Å². The highest BCUT2D eigenvalue weighted by atomic mass is 32.2. The molecule has 0 saturated carbocycles. The molecule has 10 heteroatoms. The number of thioether (sulfide) groups is 1. The molecule has 0 radical (unpaired) electrons. The third-order valence-electron chi connectivity index (χ3n) is 6.18. The highest BCUT2D eigenvalue weighted by Gasteiger charge is 2.33. The van der Waals surface area contributed by atoms with Gasteiger partial charge in [0, 0.05) is 39.6 Å². The molecule has 2 aliphatic heterocycles. The van der Waals surface area contributed by atoms with Gasteiger partial charge in [-0.15, -0.1) is 10.2 Å². The number of para-hydroxylation sites is 2. The molecule has 35 heavy (non-hydrogen) atoms. The van der Waals surface area contributed by atoms with Gasteiger partial charge in [-0.3, -0.25) is 9.59 Å². The van der Waals surface area contributed by atoms with Crippen LogP contribution in [0.2, 0.25) is 0 Å². The van der Waals surface area contributed by atoms with Gasteiger partial charge in [-0.05, 0) is 17.7 Å². The van der Waals surface area contributed by atoms with Crippen LogP contribution < -0.4 is 9.47 Å². The van der Waals surface area contributed by atoms with E-state index in [4.69, 9.17) is 9.47 Å². The predicted octanol–water partition coefficient (Wildman–Crippen LogP) is 2.01. The highest BCUT2D eigenvalue weighted by Crippen LogP contribution is 2.31. The molecule has 0 unspecified atom stereocenters. The van der Waals surface area contributed by atoms with Gasteiger partial charge in [0.15, 0.2) is 16.7 Å². The molecular formula is C25H27N5O4S. The van der Waals surface area contributed by atoms with Crippen molar-refractivity contribution < 1.29 is 19.1 Å². The van der Waals surface area contributed by atoms with Crippen LogP contribution in [0, 0.1) is 0 Å². The van der Waals surface area contributed by atoms with E-state index in [0.717, 1.165) is 11.4 Å². The van der Waals surface area contributed by atoms with Gasteiger partial charge in [0.05, 0.1) is 5.75 Å². The zero-order valence-corrected chi connectivity index (χ0v) is 20.3. The Balaban J connectivity index is 1.09. The first-order valence-corrected chi connectivity index (χ1v) is 12.6. The van der Waals surface area contributed by atoms with Gasteiger partial charge in [0.25, 0.3) is 5.91 Å². The van der Waals surface area contributed by atoms with Gasteiger partial charge < -0.3 is 23.8 Å². The number of rotatable bonds is 6. The average molecular weight is 494 g/mol. The van der Waals surface area contributed by atoms with Crippen LogP contribution in [-0.2, 0) is 23.1 Å². The molecule has 5 rings (SSSR count). The zero-order chi connectivity index (χ0) is 24.2. The van der Waals surface area contributed by atoms with Gasteiger partial charge in [-0.25, -0.2) is 0 Å². The topological polar surface area (TPSA) is 89.8 Å². The van der Waals surface area contributed by atoms with Crippen LogP contribution in [0.15, 0.2) is 59.8 Å². The Morgan fingerprint density at radius 1 is 0.943 bits per heavy atom. The maximum atomic E-state index is 12.9. The molecular weight excluding hydrogens is 466 g/mol. The smallest absolute Gasteiger partial charge is 0.267 e. The molecule has 0 aliphatic carbocycles. The number of hydrogen-bond acceptors (Lipinski definition) is 7. The molecule has 0 spiro atoms. The lowest BCUT2D eigenvalue weighted by atomic mass is 10.1. The number of ether oxygens (including phenoxy) is 2. The van der Waals surface area contributed by atoms with E-state index in [0.29, 0.717) is 49.3 Å². The third-order valence-corrected chi connectivity index (χ3v) is 7.19. The highest BCUT2D eigenvalue weighted by molar-refractivity contribution is 7.99. The Kier molecular flexibility index (Phi) is 6.89. The van der Waals surface area contributed by atoms with Crippen LogP contribution in [0.4, 0.5) is 0 Å². The standard InChI is InChI=1S/C25H27N5O4S/c1-28-22(15-18-7-3-2-4-8-18)26-27-25(28)35-17-23(31)29-11-13-30(14-12-29)24(32)21-16-33-19-9-5-6-10-20(19)34-21/h2-10,21H,11-17H2,1H3/t21-/m0/s1. The van der Waals surface area contributed by atoms with Crippen molar-refractivity contribution in [2.75, 3.05) is 38.5 Å². The molecule has 182 valence electrons. The van der Waals surface area contributed by atoms with Gasteiger partial charge in [0.1, 0.15) is 12.4 Å². The minimum absolute atomic E-state index is 0.0286. The number of carbonyl (C=O) groups is 2. The fraction of sp³-hybridized carbons (Fsp3) is 0.360. The third kappa shape index (κ3) is 5.27. The number of aromatic nitrogens is 3. The number of nitrogens with zero attached hydrogens (tertiary/aromatic N) is 5. The molecule has 2 amide bonds. The van der Waals surface area contributed by atoms with Crippen LogP contribution in [0.1, 0.15) is 11.4 Å². The van der Waals surface area contributed by atoms with Gasteiger partial charge in [-0.2, -0.15) is 0 Å². The van der Waals surface area contributed by atoms with Crippen molar-refractivity contribution in [3.05, 3.63) is 66.0 Å². The Morgan fingerprint density at radius 3 is 2.40 bits per heavy atom. The monoisotopic (exact) mass is 493 g/mol. The van der Waals surface area contributed by atoms with Crippen LogP contribution in [0.5, 0.6) is 11.5 Å². The molecule has 0 N–H and O–H groups in total. The Labute approximate surface area is 208 Å². The van der Waals surface area contributed by atoms with Crippen molar-refractivity contribution >= 4 is 23.6 Å². The van der Waals surface area contributed by atoms with Crippen molar-refractivity contribution in [1.82, 2.24) is 24.6 Å². The molecule has 1 aromatic heterocycles. The summed E-state index contributed by atoms with van der Waals surface area (Å²) in [6, 6.07) is 17.4. The Hall–Kier alpha value is -3.53. The second-order valence-corrected chi connectivity index (χ2v) is 9.42. The maximum Gasteiger partial charge on any atom is 0.267 e. The fourth-order valence-corrected chi connectivity index (χ4v) is 4.97. The number of amides is 2. The molecule has 1 saturated heterocycles. The minimum atomic E-state index is -0.663. The molecule has 3 heterocycles. The summed E-state index contributed by atoms with van der Waals surface area (Å²) in [5, 5.41) is 9.26. The van der Waals surface area contributed by atoms with E-state index >= 15 is 0 Å². The SMILES string of the molecule is Cn1c(Cc2ccccc2)nnc1SCC(=O)N1CCN(C(=O)[C@@H]2COc3ccccc3O2)CC1. The minimum Gasteiger partial charge on any atom is -0.485 e. The summed E-state index contributed by atoms with van der Waals surface area (Å²) in [5.41, 5.74) is 1.16. The first-order chi connectivity index (χ1) is 17.1. The molecule has 2 aromatic carbocycles. The fourth-order valence-electron chi connectivity index (χ4n) is 4.14. The van der Waals surface area contributed by atoms with Crippen LogP contribution in [0.3, 0.4) is 0 Å². The van der Waals surface area contributed by atoms with Gasteiger partial charge >= 0.3 is 0 Å². The summed E-state index contributed by atoms with van der Waals surface area (Å²) in [6.07, 6.45) is 0.0274. The van der Waals surface area contributed by atoms with Crippen molar-refractivity contribution in [1.29, 1.82) is 0 Å². The molecule has 1 fully saturated rings. The molecule has 9 nitrogen and oxygen atoms in total. The van der Waals surface area contributed by atoms with Crippen molar-refractivity contribution in [3.63, 3.8) is 0 Å². The molecule has 3 aromatic rings. The van der Waals surface area contributed by atoms with E-state index < -0.39 is 6.10 Å². The lowest BCUT2D eigenvalue weighted by Gasteiger charge is -2.37. The van der Waals surface area contributed by atoms with E-state index in [1.807, 2.05) is 48.0 Å². The quantitative estimate of drug-likeness (QED) is 0.485. The summed E-state index contributed by atoms with van der Waals surface area (Å²) in [7, 11) is 1.92. The summed E-state index contributed by atoms with van der Waals surface area (Å²) >= 11 is 1.38. The maximum absolute atomic E-state index is 12.9. The normalized spacial score (nSPS) is 17.3. The van der Waals surface area contributed by atoms with E-state index in [1.54, 1.807) is 15.9 Å². The van der Waals surface area contributed by atoms with Gasteiger partial charge in [0.2, 0.25) is 12.0 Å². The Bertz CT molecular complexity index is 1190. The van der Waals surface area contributed by atoms with Gasteiger partial charge in [-0.1, -0.05) is 54.2 Å². The predicted molar refractivity (Wildman–Crippen MR) is 130 cm³/mol. The first-order valence-electron chi connectivity index (χ1n) is 11.6. The molecule has 2 aliphatic rings. The number of benzene rings is 2. The van der Waals surface area contributed by atoms with E-state index in [9.17, 15) is 9.59 Å². The lowest BCUT2D eigenvalue weighted by Crippen LogP contribution is -2.55. The largest absolute Gasteiger partial charge is 0.485 e. The number of fused-ring (bicyclic) bond motifs is 1. The molecule has 1 atom stereocenters. The average Bonchev–Trinajstić information content (AvgIpc) is 3.25. The number of hydrogen-bond donors (Lipinski definition) is 0. The van der Waals surface area contributed by atoms with E-state index in [1.165, 1.54) is 11.8 Å². The number of carbonyl (C=O) groups excluding carboxylic acids is 2. The zero-order valence-electron chi connectivity index (χ0n) is 19.5. The van der Waals surface area contributed by atoms with Crippen LogP contribution in [0.25, 0.3) is 0 Å². The molecule has 0 bridgehead atoms. The summed E-state index contributed by atoms with van der Waals surface area (Å²) in [5.74, 6) is 2.29. The van der Waals surface area contributed by atoms with E-state index in [-0.39, 0.29) is 24.2 Å². The second-order valence-electron chi connectivity index (χ2n) is 8.48.